The van der Waals surface area contributed by atoms with Gasteiger partial charge in [-0.2, -0.15) is 5.10 Å². The number of anilines is 2. The molecule has 5 nitrogen and oxygen atoms in total. The summed E-state index contributed by atoms with van der Waals surface area (Å²) >= 11 is 0. The van der Waals surface area contributed by atoms with E-state index in [9.17, 15) is 4.79 Å². The molecule has 0 N–H and O–H groups in total. The Balaban J connectivity index is 1.94. The normalized spacial score (nSPS) is 17.8. The first-order valence-corrected chi connectivity index (χ1v) is 8.10. The predicted molar refractivity (Wildman–Crippen MR) is 93.0 cm³/mol. The molecule has 122 valence electrons. The molecule has 2 aromatic rings. The van der Waals surface area contributed by atoms with E-state index in [1.54, 1.807) is 4.68 Å². The van der Waals surface area contributed by atoms with Gasteiger partial charge >= 0.3 is 0 Å². The minimum Gasteiger partial charge on any atom is -0.373 e. The van der Waals surface area contributed by atoms with Crippen molar-refractivity contribution in [2.24, 2.45) is 0 Å². The number of aromatic nitrogens is 2. The quantitative estimate of drug-likeness (QED) is 0.856. The Morgan fingerprint density at radius 2 is 1.96 bits per heavy atom. The van der Waals surface area contributed by atoms with Crippen LogP contribution in [0.25, 0.3) is 0 Å². The molecule has 1 aromatic carbocycles. The van der Waals surface area contributed by atoms with Gasteiger partial charge < -0.3 is 9.80 Å². The van der Waals surface area contributed by atoms with Gasteiger partial charge in [-0.1, -0.05) is 12.1 Å². The maximum absolute atomic E-state index is 13.0. The van der Waals surface area contributed by atoms with Crippen LogP contribution >= 0.6 is 0 Å². The maximum Gasteiger partial charge on any atom is 0.249 e. The number of hydrogen-bond acceptors (Lipinski definition) is 3. The molecule has 0 unspecified atom stereocenters. The van der Waals surface area contributed by atoms with Crippen molar-refractivity contribution in [1.82, 2.24) is 9.78 Å². The van der Waals surface area contributed by atoms with Gasteiger partial charge in [-0.25, -0.2) is 0 Å². The number of fused-ring (bicyclic) bond motifs is 1. The largest absolute Gasteiger partial charge is 0.373 e. The summed E-state index contributed by atoms with van der Waals surface area (Å²) in [6.07, 6.45) is 0.952. The SMILES string of the molecule is Cc1cc(C)n(CC(=O)N2c3ccccc3N(C)CC[C@H]2C)n1. The zero-order valence-corrected chi connectivity index (χ0v) is 14.3. The van der Waals surface area contributed by atoms with E-state index in [0.717, 1.165) is 35.7 Å². The van der Waals surface area contributed by atoms with Crippen LogP contribution in [0.1, 0.15) is 24.7 Å². The van der Waals surface area contributed by atoms with E-state index in [1.165, 1.54) is 0 Å². The molecule has 1 amide bonds. The highest BCUT2D eigenvalue weighted by molar-refractivity contribution is 5.97. The van der Waals surface area contributed by atoms with E-state index in [1.807, 2.05) is 43.0 Å². The van der Waals surface area contributed by atoms with E-state index in [2.05, 4.69) is 30.0 Å². The summed E-state index contributed by atoms with van der Waals surface area (Å²) in [5, 5.41) is 4.42. The lowest BCUT2D eigenvalue weighted by atomic mass is 10.1. The molecule has 0 saturated heterocycles. The summed E-state index contributed by atoms with van der Waals surface area (Å²) in [5.74, 6) is 0.0893. The van der Waals surface area contributed by atoms with Crippen LogP contribution in [0.4, 0.5) is 11.4 Å². The monoisotopic (exact) mass is 312 g/mol. The van der Waals surface area contributed by atoms with E-state index in [0.29, 0.717) is 0 Å². The average molecular weight is 312 g/mol. The molecular weight excluding hydrogens is 288 g/mol. The van der Waals surface area contributed by atoms with Crippen molar-refractivity contribution in [3.63, 3.8) is 0 Å². The lowest BCUT2D eigenvalue weighted by Gasteiger charge is -2.28. The Bertz CT molecular complexity index is 722. The number of benzene rings is 1. The van der Waals surface area contributed by atoms with E-state index in [-0.39, 0.29) is 18.5 Å². The fourth-order valence-electron chi connectivity index (χ4n) is 3.28. The second-order valence-electron chi connectivity index (χ2n) is 6.40. The predicted octanol–water partition coefficient (Wildman–Crippen LogP) is 2.76. The molecule has 0 spiro atoms. The fourth-order valence-corrected chi connectivity index (χ4v) is 3.28. The third-order valence-electron chi connectivity index (χ3n) is 4.53. The van der Waals surface area contributed by atoms with Crippen molar-refractivity contribution in [2.75, 3.05) is 23.4 Å². The van der Waals surface area contributed by atoms with Crippen LogP contribution in [0, 0.1) is 13.8 Å². The van der Waals surface area contributed by atoms with Crippen LogP contribution in [0.15, 0.2) is 30.3 Å². The number of nitrogens with zero attached hydrogens (tertiary/aromatic N) is 4. The maximum atomic E-state index is 13.0. The standard InChI is InChI=1S/C18H24N4O/c1-13-11-15(3)21(19-13)12-18(23)22-14(2)9-10-20(4)16-7-5-6-8-17(16)22/h5-8,11,14H,9-10,12H2,1-4H3/t14-/m1/s1. The van der Waals surface area contributed by atoms with Crippen molar-refractivity contribution in [3.8, 4) is 0 Å². The molecule has 1 aliphatic rings. The molecule has 0 radical (unpaired) electrons. The Labute approximate surface area is 137 Å². The summed E-state index contributed by atoms with van der Waals surface area (Å²) in [6.45, 7) is 7.28. The van der Waals surface area contributed by atoms with Crippen LogP contribution in [-0.2, 0) is 11.3 Å². The Morgan fingerprint density at radius 1 is 1.26 bits per heavy atom. The smallest absolute Gasteiger partial charge is 0.249 e. The lowest BCUT2D eigenvalue weighted by Crippen LogP contribution is -2.40. The Kier molecular flexibility index (Phi) is 4.11. The van der Waals surface area contributed by atoms with Crippen molar-refractivity contribution in [1.29, 1.82) is 0 Å². The van der Waals surface area contributed by atoms with Gasteiger partial charge in [-0.15, -0.1) is 0 Å². The molecule has 1 aliphatic heterocycles. The molecule has 2 heterocycles. The topological polar surface area (TPSA) is 41.4 Å². The molecule has 3 rings (SSSR count). The van der Waals surface area contributed by atoms with E-state index in [4.69, 9.17) is 0 Å². The summed E-state index contributed by atoms with van der Waals surface area (Å²) in [5.41, 5.74) is 4.06. The van der Waals surface area contributed by atoms with Crippen LogP contribution in [0.3, 0.4) is 0 Å². The molecule has 0 bridgehead atoms. The minimum atomic E-state index is 0.0893. The highest BCUT2D eigenvalue weighted by Gasteiger charge is 2.28. The van der Waals surface area contributed by atoms with Gasteiger partial charge in [0.15, 0.2) is 0 Å². The van der Waals surface area contributed by atoms with Gasteiger partial charge in [-0.3, -0.25) is 9.48 Å². The number of carbonyl (C=O) groups is 1. The summed E-state index contributed by atoms with van der Waals surface area (Å²) in [6, 6.07) is 10.3. The van der Waals surface area contributed by atoms with Gasteiger partial charge in [0.1, 0.15) is 6.54 Å². The molecule has 0 saturated carbocycles. The fraction of sp³-hybridized carbons (Fsp3) is 0.444. The van der Waals surface area contributed by atoms with Gasteiger partial charge in [0.2, 0.25) is 5.91 Å². The molecule has 1 atom stereocenters. The third kappa shape index (κ3) is 2.96. The number of para-hydroxylation sites is 2. The summed E-state index contributed by atoms with van der Waals surface area (Å²) in [7, 11) is 2.08. The van der Waals surface area contributed by atoms with Crippen molar-refractivity contribution < 1.29 is 4.79 Å². The van der Waals surface area contributed by atoms with Crippen LogP contribution < -0.4 is 9.80 Å². The van der Waals surface area contributed by atoms with Crippen molar-refractivity contribution >= 4 is 17.3 Å². The number of carbonyl (C=O) groups excluding carboxylic acids is 1. The van der Waals surface area contributed by atoms with Crippen LogP contribution in [0.2, 0.25) is 0 Å². The zero-order valence-electron chi connectivity index (χ0n) is 14.3. The Morgan fingerprint density at radius 3 is 2.61 bits per heavy atom. The highest BCUT2D eigenvalue weighted by atomic mass is 16.2. The van der Waals surface area contributed by atoms with Crippen LogP contribution in [-0.4, -0.2) is 35.3 Å². The Hall–Kier alpha value is -2.30. The zero-order chi connectivity index (χ0) is 16.6. The molecule has 0 aliphatic carbocycles. The van der Waals surface area contributed by atoms with Gasteiger partial charge in [0, 0.05) is 25.3 Å². The molecular formula is C18H24N4O. The molecule has 1 aromatic heterocycles. The number of amides is 1. The third-order valence-corrected chi connectivity index (χ3v) is 4.53. The second kappa shape index (κ2) is 6.07. The number of rotatable bonds is 2. The van der Waals surface area contributed by atoms with E-state index >= 15 is 0 Å². The average Bonchev–Trinajstić information content (AvgIpc) is 2.76. The van der Waals surface area contributed by atoms with Gasteiger partial charge in [-0.05, 0) is 45.4 Å². The molecule has 23 heavy (non-hydrogen) atoms. The summed E-state index contributed by atoms with van der Waals surface area (Å²) < 4.78 is 1.79. The van der Waals surface area contributed by atoms with Gasteiger partial charge in [0.05, 0.1) is 17.1 Å². The van der Waals surface area contributed by atoms with Crippen molar-refractivity contribution in [3.05, 3.63) is 41.7 Å². The minimum absolute atomic E-state index is 0.0893. The first kappa shape index (κ1) is 15.6. The van der Waals surface area contributed by atoms with E-state index < -0.39 is 0 Å². The van der Waals surface area contributed by atoms with Crippen LogP contribution in [0.5, 0.6) is 0 Å². The highest BCUT2D eigenvalue weighted by Crippen LogP contribution is 2.33. The molecule has 0 fully saturated rings. The second-order valence-corrected chi connectivity index (χ2v) is 6.40. The number of hydrogen-bond donors (Lipinski definition) is 0. The molecule has 5 heteroatoms. The summed E-state index contributed by atoms with van der Waals surface area (Å²) in [4.78, 5) is 17.2. The first-order valence-electron chi connectivity index (χ1n) is 8.10. The first-order chi connectivity index (χ1) is 11.0. The number of aryl methyl sites for hydroxylation is 2. The van der Waals surface area contributed by atoms with Gasteiger partial charge in [0.25, 0.3) is 0 Å². The lowest BCUT2D eigenvalue weighted by molar-refractivity contribution is -0.119. The van der Waals surface area contributed by atoms with Crippen molar-refractivity contribution in [2.45, 2.75) is 39.8 Å².